The molecule has 24 heavy (non-hydrogen) atoms. The zero-order chi connectivity index (χ0) is 17.0. The molecule has 124 valence electrons. The van der Waals surface area contributed by atoms with Crippen LogP contribution in [0.15, 0.2) is 30.4 Å². The molecule has 0 spiro atoms. The summed E-state index contributed by atoms with van der Waals surface area (Å²) in [5.74, 6) is -1.04. The average molecular weight is 345 g/mol. The number of nitrogens with one attached hydrogen (secondary N) is 1. The second-order valence-electron chi connectivity index (χ2n) is 6.77. The highest BCUT2D eigenvalue weighted by Crippen LogP contribution is 2.52. The normalized spacial score (nSPS) is 30.2. The van der Waals surface area contributed by atoms with Gasteiger partial charge in [-0.1, -0.05) is 29.8 Å². The van der Waals surface area contributed by atoms with Crippen LogP contribution in [0.2, 0.25) is 5.02 Å². The Morgan fingerprint density at radius 3 is 2.42 bits per heavy atom. The summed E-state index contributed by atoms with van der Waals surface area (Å²) in [7, 11) is 0. The van der Waals surface area contributed by atoms with Gasteiger partial charge in [0.25, 0.3) is 0 Å². The fraction of sp³-hybridized carbons (Fsp3) is 0.389. The molecule has 5 nitrogen and oxygen atoms in total. The van der Waals surface area contributed by atoms with Gasteiger partial charge in [-0.25, -0.2) is 0 Å². The summed E-state index contributed by atoms with van der Waals surface area (Å²) >= 11 is 6.04. The number of anilines is 1. The molecule has 4 atom stereocenters. The number of hydrogen-bond donors (Lipinski definition) is 1. The molecule has 1 aromatic carbocycles. The molecule has 1 aliphatic heterocycles. The number of amides is 3. The van der Waals surface area contributed by atoms with Gasteiger partial charge >= 0.3 is 0 Å². The molecule has 2 bridgehead atoms. The van der Waals surface area contributed by atoms with Crippen LogP contribution in [0.4, 0.5) is 5.69 Å². The van der Waals surface area contributed by atoms with Crippen molar-refractivity contribution in [3.8, 4) is 0 Å². The van der Waals surface area contributed by atoms with Crippen LogP contribution >= 0.6 is 11.6 Å². The van der Waals surface area contributed by atoms with Crippen LogP contribution in [0.5, 0.6) is 0 Å². The predicted molar refractivity (Wildman–Crippen MR) is 89.3 cm³/mol. The van der Waals surface area contributed by atoms with Crippen molar-refractivity contribution in [1.82, 2.24) is 4.90 Å². The number of fused-ring (bicyclic) bond motifs is 5. The fourth-order valence-electron chi connectivity index (χ4n) is 4.13. The molecule has 2 fully saturated rings. The molecule has 0 aromatic heterocycles. The van der Waals surface area contributed by atoms with Gasteiger partial charge < -0.3 is 5.32 Å². The summed E-state index contributed by atoms with van der Waals surface area (Å²) in [4.78, 5) is 38.4. The van der Waals surface area contributed by atoms with Gasteiger partial charge in [0.05, 0.1) is 11.8 Å². The zero-order valence-electron chi connectivity index (χ0n) is 13.2. The second-order valence-corrected chi connectivity index (χ2v) is 7.18. The molecule has 2 aliphatic carbocycles. The van der Waals surface area contributed by atoms with E-state index in [1.54, 1.807) is 18.2 Å². The van der Waals surface area contributed by atoms with Crippen LogP contribution in [-0.2, 0) is 14.4 Å². The van der Waals surface area contributed by atoms with Gasteiger partial charge in [0, 0.05) is 10.7 Å². The number of aryl methyl sites for hydroxylation is 1. The molecule has 3 amide bonds. The molecule has 0 unspecified atom stereocenters. The maximum absolute atomic E-state index is 12.5. The molecule has 1 N–H and O–H groups in total. The van der Waals surface area contributed by atoms with E-state index in [-0.39, 0.29) is 42.0 Å². The van der Waals surface area contributed by atoms with Crippen LogP contribution in [0.1, 0.15) is 12.0 Å². The first-order chi connectivity index (χ1) is 11.5. The lowest BCUT2D eigenvalue weighted by Crippen LogP contribution is -2.39. The predicted octanol–water partition coefficient (Wildman–Crippen LogP) is 2.39. The zero-order valence-corrected chi connectivity index (χ0v) is 13.9. The van der Waals surface area contributed by atoms with Crippen molar-refractivity contribution in [2.24, 2.45) is 23.7 Å². The largest absolute Gasteiger partial charge is 0.324 e. The number of hydrogen-bond acceptors (Lipinski definition) is 3. The van der Waals surface area contributed by atoms with E-state index < -0.39 is 5.91 Å². The Kier molecular flexibility index (Phi) is 3.49. The van der Waals surface area contributed by atoms with Crippen molar-refractivity contribution in [3.63, 3.8) is 0 Å². The Bertz CT molecular complexity index is 758. The Morgan fingerprint density at radius 1 is 1.21 bits per heavy atom. The first kappa shape index (κ1) is 15.4. The third-order valence-electron chi connectivity index (χ3n) is 5.32. The number of nitrogens with zero attached hydrogens (tertiary/aromatic N) is 1. The molecule has 1 saturated carbocycles. The van der Waals surface area contributed by atoms with Gasteiger partial charge in [0.2, 0.25) is 17.7 Å². The van der Waals surface area contributed by atoms with E-state index in [1.165, 1.54) is 0 Å². The Hall–Kier alpha value is -2.14. The number of allylic oxidation sites excluding steroid dienone is 2. The maximum Gasteiger partial charge on any atom is 0.244 e. The molecule has 1 heterocycles. The van der Waals surface area contributed by atoms with Crippen LogP contribution in [0, 0.1) is 30.6 Å². The van der Waals surface area contributed by atoms with Crippen molar-refractivity contribution >= 4 is 35.0 Å². The number of halogens is 1. The lowest BCUT2D eigenvalue weighted by molar-refractivity contribution is -0.143. The average Bonchev–Trinajstić information content (AvgIpc) is 3.21. The lowest BCUT2D eigenvalue weighted by atomic mass is 9.85. The van der Waals surface area contributed by atoms with Gasteiger partial charge in [-0.15, -0.1) is 0 Å². The van der Waals surface area contributed by atoms with E-state index in [9.17, 15) is 14.4 Å². The van der Waals surface area contributed by atoms with E-state index in [4.69, 9.17) is 11.6 Å². The topological polar surface area (TPSA) is 66.5 Å². The summed E-state index contributed by atoms with van der Waals surface area (Å²) in [6.45, 7) is 1.63. The number of carbonyl (C=O) groups is 3. The maximum atomic E-state index is 12.5. The number of benzene rings is 1. The quantitative estimate of drug-likeness (QED) is 0.676. The Balaban J connectivity index is 1.46. The molecule has 0 radical (unpaired) electrons. The minimum Gasteiger partial charge on any atom is -0.324 e. The smallest absolute Gasteiger partial charge is 0.244 e. The monoisotopic (exact) mass is 344 g/mol. The third-order valence-corrected chi connectivity index (χ3v) is 5.73. The van der Waals surface area contributed by atoms with Gasteiger partial charge in [-0.2, -0.15) is 0 Å². The van der Waals surface area contributed by atoms with Crippen LogP contribution in [0.25, 0.3) is 0 Å². The third kappa shape index (κ3) is 2.26. The Labute approximate surface area is 144 Å². The summed E-state index contributed by atoms with van der Waals surface area (Å²) < 4.78 is 0. The summed E-state index contributed by atoms with van der Waals surface area (Å²) in [6, 6.07) is 5.20. The number of rotatable bonds is 3. The van der Waals surface area contributed by atoms with Crippen molar-refractivity contribution in [2.45, 2.75) is 13.3 Å². The number of carbonyl (C=O) groups excluding carboxylic acids is 3. The molecule has 4 rings (SSSR count). The van der Waals surface area contributed by atoms with E-state index >= 15 is 0 Å². The minimum atomic E-state index is -0.392. The van der Waals surface area contributed by atoms with E-state index in [0.717, 1.165) is 16.9 Å². The first-order valence-corrected chi connectivity index (χ1v) is 8.43. The van der Waals surface area contributed by atoms with Gasteiger partial charge in [0.1, 0.15) is 6.54 Å². The van der Waals surface area contributed by atoms with Crippen molar-refractivity contribution < 1.29 is 14.4 Å². The van der Waals surface area contributed by atoms with E-state index in [1.807, 2.05) is 19.1 Å². The summed E-state index contributed by atoms with van der Waals surface area (Å²) in [5.41, 5.74) is 1.46. The molecule has 3 aliphatic rings. The number of likely N-dealkylation sites (tertiary alicyclic amines) is 1. The highest BCUT2D eigenvalue weighted by Gasteiger charge is 2.59. The van der Waals surface area contributed by atoms with Crippen molar-refractivity contribution in [2.75, 3.05) is 11.9 Å². The molecular weight excluding hydrogens is 328 g/mol. The van der Waals surface area contributed by atoms with Gasteiger partial charge in [-0.05, 0) is 42.9 Å². The molecule has 1 aromatic rings. The second kappa shape index (κ2) is 5.45. The first-order valence-electron chi connectivity index (χ1n) is 8.05. The summed E-state index contributed by atoms with van der Waals surface area (Å²) in [5, 5.41) is 3.25. The summed E-state index contributed by atoms with van der Waals surface area (Å²) in [6.07, 6.45) is 4.96. The van der Waals surface area contributed by atoms with E-state index in [2.05, 4.69) is 5.32 Å². The Morgan fingerprint density at radius 2 is 1.83 bits per heavy atom. The van der Waals surface area contributed by atoms with Crippen molar-refractivity contribution in [3.05, 3.63) is 40.9 Å². The molecule has 6 heteroatoms. The van der Waals surface area contributed by atoms with Crippen LogP contribution < -0.4 is 5.32 Å². The standard InChI is InChI=1S/C18H17ClN2O3/c1-9-2-5-12(7-13(9)19)20-14(22)8-21-17(23)15-10-3-4-11(6-10)16(15)18(21)24/h2-5,7,10-11,15-16H,6,8H2,1H3,(H,20,22)/t10-,11-,15-,16-/m0/s1. The lowest BCUT2D eigenvalue weighted by Gasteiger charge is -2.17. The molecule has 1 saturated heterocycles. The van der Waals surface area contributed by atoms with Gasteiger partial charge in [0.15, 0.2) is 0 Å². The SMILES string of the molecule is Cc1ccc(NC(=O)CN2C(=O)[C@@H]3[C@@H](C2=O)[C@H]2C=C[C@H]3C2)cc1Cl. The van der Waals surface area contributed by atoms with E-state index in [0.29, 0.717) is 10.7 Å². The number of imide groups is 1. The highest BCUT2D eigenvalue weighted by molar-refractivity contribution is 6.31. The van der Waals surface area contributed by atoms with Crippen molar-refractivity contribution in [1.29, 1.82) is 0 Å². The van der Waals surface area contributed by atoms with Crippen LogP contribution in [-0.4, -0.2) is 29.2 Å². The molecular formula is C18H17ClN2O3. The van der Waals surface area contributed by atoms with Gasteiger partial charge in [-0.3, -0.25) is 19.3 Å². The minimum absolute atomic E-state index is 0.153. The fourth-order valence-corrected chi connectivity index (χ4v) is 4.32. The van der Waals surface area contributed by atoms with Crippen LogP contribution in [0.3, 0.4) is 0 Å². The highest BCUT2D eigenvalue weighted by atomic mass is 35.5.